The highest BCUT2D eigenvalue weighted by molar-refractivity contribution is 6.04. The molecule has 0 spiro atoms. The molecule has 1 atom stereocenters. The summed E-state index contributed by atoms with van der Waals surface area (Å²) in [6, 6.07) is 3.73. The summed E-state index contributed by atoms with van der Waals surface area (Å²) in [4.78, 5) is 26.4. The van der Waals surface area contributed by atoms with Crippen LogP contribution in [0.25, 0.3) is 17.3 Å². The van der Waals surface area contributed by atoms with Crippen LogP contribution in [-0.2, 0) is 4.79 Å². The Morgan fingerprint density at radius 1 is 1.15 bits per heavy atom. The Morgan fingerprint density at radius 2 is 1.79 bits per heavy atom. The van der Waals surface area contributed by atoms with E-state index in [9.17, 15) is 9.59 Å². The molecule has 34 heavy (non-hydrogen) atoms. The minimum Gasteiger partial charge on any atom is -0.496 e. The summed E-state index contributed by atoms with van der Waals surface area (Å²) in [6.07, 6.45) is 5.62. The van der Waals surface area contributed by atoms with E-state index in [2.05, 4.69) is 18.5 Å². The van der Waals surface area contributed by atoms with E-state index in [1.807, 2.05) is 21.7 Å². The van der Waals surface area contributed by atoms with Crippen molar-refractivity contribution in [3.63, 3.8) is 0 Å². The Hall–Kier alpha value is -3.75. The van der Waals surface area contributed by atoms with Gasteiger partial charge in [-0.1, -0.05) is 19.2 Å². The third-order valence-electron chi connectivity index (χ3n) is 6.80. The van der Waals surface area contributed by atoms with Crippen LogP contribution < -0.4 is 20.5 Å². The van der Waals surface area contributed by atoms with Crippen LogP contribution in [0.2, 0.25) is 0 Å². The lowest BCUT2D eigenvalue weighted by Gasteiger charge is -2.38. The van der Waals surface area contributed by atoms with Crippen molar-refractivity contribution in [1.82, 2.24) is 14.7 Å². The van der Waals surface area contributed by atoms with E-state index in [1.54, 1.807) is 20.3 Å². The van der Waals surface area contributed by atoms with Gasteiger partial charge in [0.2, 0.25) is 5.91 Å². The summed E-state index contributed by atoms with van der Waals surface area (Å²) < 4.78 is 13.0. The number of primary amides is 1. The quantitative estimate of drug-likeness (QED) is 0.608. The van der Waals surface area contributed by atoms with E-state index in [4.69, 9.17) is 20.3 Å². The fraction of sp³-hybridized carbons (Fsp3) is 0.400. The molecule has 1 fully saturated rings. The maximum absolute atomic E-state index is 12.6. The lowest BCUT2D eigenvalue weighted by Crippen LogP contribution is -2.41. The Bertz CT molecular complexity index is 1110. The number of piperidine rings is 1. The normalized spacial score (nSPS) is 17.9. The van der Waals surface area contributed by atoms with Gasteiger partial charge in [-0.05, 0) is 43.4 Å². The zero-order valence-corrected chi connectivity index (χ0v) is 19.7. The molecule has 2 aliphatic heterocycles. The molecule has 1 unspecified atom stereocenters. The van der Waals surface area contributed by atoms with Gasteiger partial charge in [0.05, 0.1) is 25.8 Å². The molecular formula is C25H31N5O4. The van der Waals surface area contributed by atoms with Crippen molar-refractivity contribution in [3.05, 3.63) is 42.5 Å². The number of hydrogen-bond acceptors (Lipinski definition) is 6. The van der Waals surface area contributed by atoms with Crippen LogP contribution in [0.15, 0.2) is 31.4 Å². The van der Waals surface area contributed by atoms with E-state index in [0.29, 0.717) is 59.7 Å². The zero-order chi connectivity index (χ0) is 24.4. The Labute approximate surface area is 199 Å². The maximum atomic E-state index is 12.6. The van der Waals surface area contributed by atoms with Gasteiger partial charge in [0.15, 0.2) is 0 Å². The largest absolute Gasteiger partial charge is 0.496 e. The standard InChI is InChI=1S/C25H31N5O4/c1-5-17-19(33-3)13-16(14-20(17)34-4)23-22(24(26)32)25-27-10-7-18(30(25)28-23)15-8-11-29(12-9-15)21(31)6-2/h5-6,13-15,18,27H,1-2,7-12H2,3-4H3,(H2,26,32). The van der Waals surface area contributed by atoms with Crippen LogP contribution in [0.4, 0.5) is 5.82 Å². The first-order valence-corrected chi connectivity index (χ1v) is 11.4. The monoisotopic (exact) mass is 465 g/mol. The van der Waals surface area contributed by atoms with E-state index in [-0.39, 0.29) is 11.9 Å². The third-order valence-corrected chi connectivity index (χ3v) is 6.80. The molecule has 0 saturated carbocycles. The third kappa shape index (κ3) is 4.02. The molecule has 0 radical (unpaired) electrons. The average Bonchev–Trinajstić information content (AvgIpc) is 3.27. The zero-order valence-electron chi connectivity index (χ0n) is 19.7. The molecule has 180 valence electrons. The number of fused-ring (bicyclic) bond motifs is 1. The molecule has 4 rings (SSSR count). The number of hydrogen-bond donors (Lipinski definition) is 2. The summed E-state index contributed by atoms with van der Waals surface area (Å²) in [7, 11) is 3.14. The first-order valence-electron chi connectivity index (χ1n) is 11.4. The molecular weight excluding hydrogens is 434 g/mol. The van der Waals surface area contributed by atoms with Crippen LogP contribution in [0.3, 0.4) is 0 Å². The summed E-state index contributed by atoms with van der Waals surface area (Å²) in [5, 5.41) is 8.23. The molecule has 1 aromatic carbocycles. The molecule has 1 saturated heterocycles. The van der Waals surface area contributed by atoms with Crippen molar-refractivity contribution in [3.8, 4) is 22.8 Å². The van der Waals surface area contributed by atoms with Crippen molar-refractivity contribution < 1.29 is 19.1 Å². The number of ether oxygens (including phenoxy) is 2. The van der Waals surface area contributed by atoms with E-state index >= 15 is 0 Å². The van der Waals surface area contributed by atoms with Gasteiger partial charge >= 0.3 is 0 Å². The number of aromatic nitrogens is 2. The molecule has 3 N–H and O–H groups in total. The number of amides is 2. The fourth-order valence-electron chi connectivity index (χ4n) is 5.09. The SMILES string of the molecule is C=CC(=O)N1CCC(C2CCNc3c(C(N)=O)c(-c4cc(OC)c(C=C)c(OC)c4)nn32)CC1. The smallest absolute Gasteiger partial charge is 0.254 e. The number of carbonyl (C=O) groups is 2. The first kappa shape index (κ1) is 23.4. The molecule has 9 nitrogen and oxygen atoms in total. The number of benzene rings is 1. The predicted octanol–water partition coefficient (Wildman–Crippen LogP) is 3.09. The van der Waals surface area contributed by atoms with E-state index in [1.165, 1.54) is 6.08 Å². The molecule has 9 heteroatoms. The molecule has 2 aromatic rings. The number of likely N-dealkylation sites (tertiary alicyclic amines) is 1. The van der Waals surface area contributed by atoms with Gasteiger partial charge in [0.1, 0.15) is 28.6 Å². The van der Waals surface area contributed by atoms with Gasteiger partial charge in [-0.2, -0.15) is 5.10 Å². The molecule has 3 heterocycles. The van der Waals surface area contributed by atoms with Crippen LogP contribution in [-0.4, -0.2) is 60.3 Å². The second-order valence-electron chi connectivity index (χ2n) is 8.53. The summed E-state index contributed by atoms with van der Waals surface area (Å²) in [5.41, 5.74) is 8.06. The summed E-state index contributed by atoms with van der Waals surface area (Å²) >= 11 is 0. The molecule has 2 amide bonds. The minimum absolute atomic E-state index is 0.0345. The minimum atomic E-state index is -0.554. The van der Waals surface area contributed by atoms with Gasteiger partial charge in [-0.15, -0.1) is 0 Å². The van der Waals surface area contributed by atoms with Crippen molar-refractivity contribution >= 4 is 23.7 Å². The number of rotatable bonds is 7. The van der Waals surface area contributed by atoms with E-state index < -0.39 is 5.91 Å². The molecule has 0 bridgehead atoms. The fourth-order valence-corrected chi connectivity index (χ4v) is 5.09. The number of nitrogens with two attached hydrogens (primary N) is 1. The number of methoxy groups -OCH3 is 2. The highest BCUT2D eigenvalue weighted by Gasteiger charge is 2.36. The van der Waals surface area contributed by atoms with Gasteiger partial charge in [0, 0.05) is 25.2 Å². The Morgan fingerprint density at radius 3 is 2.32 bits per heavy atom. The second-order valence-corrected chi connectivity index (χ2v) is 8.53. The molecule has 0 aliphatic carbocycles. The first-order chi connectivity index (χ1) is 16.4. The molecule has 1 aromatic heterocycles. The van der Waals surface area contributed by atoms with Crippen LogP contribution >= 0.6 is 0 Å². The number of nitrogens with zero attached hydrogens (tertiary/aromatic N) is 3. The average molecular weight is 466 g/mol. The van der Waals surface area contributed by atoms with Crippen molar-refractivity contribution in [2.75, 3.05) is 39.2 Å². The highest BCUT2D eigenvalue weighted by atomic mass is 16.5. The lowest BCUT2D eigenvalue weighted by atomic mass is 9.87. The highest BCUT2D eigenvalue weighted by Crippen LogP contribution is 2.42. The predicted molar refractivity (Wildman–Crippen MR) is 131 cm³/mol. The second kappa shape index (κ2) is 9.62. The van der Waals surface area contributed by atoms with Gasteiger partial charge in [-0.3, -0.25) is 9.59 Å². The number of anilines is 1. The van der Waals surface area contributed by atoms with Crippen LogP contribution in [0.1, 0.15) is 41.2 Å². The van der Waals surface area contributed by atoms with Crippen LogP contribution in [0, 0.1) is 5.92 Å². The number of carbonyl (C=O) groups excluding carboxylic acids is 2. The molecule has 2 aliphatic rings. The van der Waals surface area contributed by atoms with Gasteiger partial charge < -0.3 is 25.4 Å². The Balaban J connectivity index is 1.75. The van der Waals surface area contributed by atoms with Crippen molar-refractivity contribution in [2.45, 2.75) is 25.3 Å². The summed E-state index contributed by atoms with van der Waals surface area (Å²) in [6.45, 7) is 9.51. The van der Waals surface area contributed by atoms with Crippen molar-refractivity contribution in [2.24, 2.45) is 11.7 Å². The Kier molecular flexibility index (Phi) is 6.63. The van der Waals surface area contributed by atoms with E-state index in [0.717, 1.165) is 24.8 Å². The number of nitrogens with one attached hydrogen (secondary N) is 1. The maximum Gasteiger partial charge on any atom is 0.254 e. The van der Waals surface area contributed by atoms with Gasteiger partial charge in [-0.25, -0.2) is 4.68 Å². The van der Waals surface area contributed by atoms with Crippen molar-refractivity contribution in [1.29, 1.82) is 0 Å². The van der Waals surface area contributed by atoms with Gasteiger partial charge in [0.25, 0.3) is 5.91 Å². The summed E-state index contributed by atoms with van der Waals surface area (Å²) in [5.74, 6) is 1.50. The lowest BCUT2D eigenvalue weighted by molar-refractivity contribution is -0.127. The van der Waals surface area contributed by atoms with Crippen LogP contribution in [0.5, 0.6) is 11.5 Å². The topological polar surface area (TPSA) is 112 Å².